The smallest absolute Gasteiger partial charge is 0.276 e. The number of amides is 1. The van der Waals surface area contributed by atoms with E-state index in [0.29, 0.717) is 26.1 Å². The van der Waals surface area contributed by atoms with Gasteiger partial charge in [-0.1, -0.05) is 53.7 Å². The van der Waals surface area contributed by atoms with Crippen molar-refractivity contribution in [3.05, 3.63) is 81.4 Å². The summed E-state index contributed by atoms with van der Waals surface area (Å²) in [6.45, 7) is 0. The topological polar surface area (TPSA) is 64.0 Å². The van der Waals surface area contributed by atoms with Gasteiger partial charge in [0.05, 0.1) is 22.0 Å². The molecule has 4 rings (SSSR count). The van der Waals surface area contributed by atoms with Crippen LogP contribution in [0.15, 0.2) is 76.0 Å². The number of nitrogens with zero attached hydrogens (tertiary/aromatic N) is 2. The van der Waals surface area contributed by atoms with Gasteiger partial charge in [-0.3, -0.25) is 14.2 Å². The largest absolute Gasteiger partial charge is 0.325 e. The number of hydrogen-bond donors (Lipinski definition) is 1. The summed E-state index contributed by atoms with van der Waals surface area (Å²) in [6, 6.07) is 18.1. The van der Waals surface area contributed by atoms with E-state index in [9.17, 15) is 9.59 Å². The average molecular weight is 428 g/mol. The Morgan fingerprint density at radius 2 is 1.86 bits per heavy atom. The minimum absolute atomic E-state index is 0.113. The number of nitrogens with one attached hydrogen (secondary N) is 1. The summed E-state index contributed by atoms with van der Waals surface area (Å²) in [6.07, 6.45) is 0. The average Bonchev–Trinajstić information content (AvgIpc) is 3.17. The van der Waals surface area contributed by atoms with Crippen LogP contribution in [-0.2, 0) is 4.79 Å². The van der Waals surface area contributed by atoms with Gasteiger partial charge in [0, 0.05) is 5.69 Å². The van der Waals surface area contributed by atoms with Crippen molar-refractivity contribution in [3.63, 3.8) is 0 Å². The van der Waals surface area contributed by atoms with E-state index in [2.05, 4.69) is 10.3 Å². The minimum Gasteiger partial charge on any atom is -0.325 e. The summed E-state index contributed by atoms with van der Waals surface area (Å²) in [5, 5.41) is 5.52. The van der Waals surface area contributed by atoms with Gasteiger partial charge in [0.25, 0.3) is 5.56 Å². The third-order valence-electron chi connectivity index (χ3n) is 3.93. The molecule has 28 heavy (non-hydrogen) atoms. The first-order chi connectivity index (χ1) is 13.6. The molecule has 2 aromatic carbocycles. The van der Waals surface area contributed by atoms with Crippen LogP contribution < -0.4 is 10.9 Å². The molecule has 0 saturated carbocycles. The zero-order valence-electron chi connectivity index (χ0n) is 14.5. The fourth-order valence-corrected chi connectivity index (χ4v) is 4.47. The molecule has 0 atom stereocenters. The van der Waals surface area contributed by atoms with Gasteiger partial charge < -0.3 is 5.32 Å². The number of aromatic nitrogens is 2. The fourth-order valence-electron chi connectivity index (χ4n) is 2.68. The minimum atomic E-state index is -0.195. The fraction of sp³-hybridized carbons (Fsp3) is 0.0500. The normalized spacial score (nSPS) is 10.9. The molecular weight excluding hydrogens is 414 g/mol. The van der Waals surface area contributed by atoms with Gasteiger partial charge in [-0.25, -0.2) is 4.98 Å². The van der Waals surface area contributed by atoms with Crippen molar-refractivity contribution in [2.75, 3.05) is 11.1 Å². The lowest BCUT2D eigenvalue weighted by Gasteiger charge is -2.13. The molecule has 8 heteroatoms. The highest BCUT2D eigenvalue weighted by Gasteiger charge is 2.17. The van der Waals surface area contributed by atoms with E-state index in [4.69, 9.17) is 11.6 Å². The number of thiophene rings is 1. The van der Waals surface area contributed by atoms with Crippen LogP contribution in [0.2, 0.25) is 5.02 Å². The quantitative estimate of drug-likeness (QED) is 0.366. The van der Waals surface area contributed by atoms with Crippen molar-refractivity contribution in [3.8, 4) is 5.69 Å². The molecular formula is C20H14ClN3O2S2. The predicted octanol–water partition coefficient (Wildman–Crippen LogP) is 4.83. The Morgan fingerprint density at radius 1 is 1.11 bits per heavy atom. The van der Waals surface area contributed by atoms with E-state index < -0.39 is 0 Å². The molecule has 140 valence electrons. The van der Waals surface area contributed by atoms with Crippen molar-refractivity contribution in [1.29, 1.82) is 0 Å². The first kappa shape index (κ1) is 18.7. The van der Waals surface area contributed by atoms with Crippen molar-refractivity contribution in [2.24, 2.45) is 0 Å². The van der Waals surface area contributed by atoms with Crippen molar-refractivity contribution in [1.82, 2.24) is 9.55 Å². The van der Waals surface area contributed by atoms with Gasteiger partial charge in [0.2, 0.25) is 5.91 Å². The van der Waals surface area contributed by atoms with Crippen LogP contribution in [0.1, 0.15) is 0 Å². The molecule has 0 aliphatic heterocycles. The molecule has 0 aliphatic carbocycles. The number of carbonyl (C=O) groups is 1. The van der Waals surface area contributed by atoms with Crippen molar-refractivity contribution >= 4 is 56.5 Å². The van der Waals surface area contributed by atoms with Gasteiger partial charge in [-0.15, -0.1) is 11.3 Å². The lowest BCUT2D eigenvalue weighted by Crippen LogP contribution is -2.22. The summed E-state index contributed by atoms with van der Waals surface area (Å²) in [7, 11) is 0. The first-order valence-corrected chi connectivity index (χ1v) is 10.6. The molecule has 0 unspecified atom stereocenters. The second-order valence-electron chi connectivity index (χ2n) is 5.82. The first-order valence-electron chi connectivity index (χ1n) is 8.36. The number of anilines is 1. The Kier molecular flexibility index (Phi) is 5.47. The summed E-state index contributed by atoms with van der Waals surface area (Å²) in [5.74, 6) is -0.0666. The van der Waals surface area contributed by atoms with Crippen molar-refractivity contribution in [2.45, 2.75) is 5.16 Å². The zero-order chi connectivity index (χ0) is 19.5. The Labute approximate surface area is 174 Å². The number of fused-ring (bicyclic) bond motifs is 1. The van der Waals surface area contributed by atoms with Crippen LogP contribution in [0.5, 0.6) is 0 Å². The molecule has 0 spiro atoms. The molecule has 1 amide bonds. The number of thioether (sulfide) groups is 1. The van der Waals surface area contributed by atoms with Crippen LogP contribution >= 0.6 is 34.7 Å². The van der Waals surface area contributed by atoms with Crippen LogP contribution in [0.25, 0.3) is 15.9 Å². The number of carbonyl (C=O) groups excluding carboxylic acids is 1. The van der Waals surface area contributed by atoms with Crippen LogP contribution in [0.3, 0.4) is 0 Å². The molecule has 1 N–H and O–H groups in total. The molecule has 0 bridgehead atoms. The zero-order valence-corrected chi connectivity index (χ0v) is 16.9. The maximum absolute atomic E-state index is 13.1. The molecule has 0 aliphatic rings. The monoisotopic (exact) mass is 427 g/mol. The van der Waals surface area contributed by atoms with Gasteiger partial charge in [0.1, 0.15) is 4.70 Å². The third kappa shape index (κ3) is 3.82. The van der Waals surface area contributed by atoms with E-state index in [1.165, 1.54) is 27.7 Å². The molecule has 5 nitrogen and oxygen atoms in total. The van der Waals surface area contributed by atoms with E-state index in [1.807, 2.05) is 41.8 Å². The number of hydrogen-bond acceptors (Lipinski definition) is 5. The summed E-state index contributed by atoms with van der Waals surface area (Å²) in [5.41, 5.74) is 1.68. The molecule has 4 aromatic rings. The highest BCUT2D eigenvalue weighted by Crippen LogP contribution is 2.27. The molecule has 0 saturated heterocycles. The van der Waals surface area contributed by atoms with Crippen LogP contribution in [-0.4, -0.2) is 21.2 Å². The number of para-hydroxylation sites is 2. The molecule has 0 radical (unpaired) electrons. The van der Waals surface area contributed by atoms with E-state index in [0.717, 1.165) is 5.69 Å². The lowest BCUT2D eigenvalue weighted by molar-refractivity contribution is -0.113. The highest BCUT2D eigenvalue weighted by atomic mass is 35.5. The maximum atomic E-state index is 13.1. The number of rotatable bonds is 5. The van der Waals surface area contributed by atoms with Crippen LogP contribution in [0.4, 0.5) is 5.69 Å². The molecule has 0 fully saturated rings. The Bertz CT molecular complexity index is 1210. The SMILES string of the molecule is O=C(CSc1nc2ccsc2c(=O)n1-c1ccccc1Cl)Nc1ccccc1. The van der Waals surface area contributed by atoms with Gasteiger partial charge >= 0.3 is 0 Å². The highest BCUT2D eigenvalue weighted by molar-refractivity contribution is 7.99. The number of halogens is 1. The second kappa shape index (κ2) is 8.18. The maximum Gasteiger partial charge on any atom is 0.276 e. The summed E-state index contributed by atoms with van der Waals surface area (Å²) >= 11 is 8.86. The van der Waals surface area contributed by atoms with Crippen molar-refractivity contribution < 1.29 is 4.79 Å². The number of benzene rings is 2. The van der Waals surface area contributed by atoms with E-state index in [1.54, 1.807) is 24.3 Å². The Hall–Kier alpha value is -2.61. The van der Waals surface area contributed by atoms with Crippen LogP contribution in [0, 0.1) is 0 Å². The predicted molar refractivity (Wildman–Crippen MR) is 116 cm³/mol. The molecule has 2 heterocycles. The van der Waals surface area contributed by atoms with E-state index in [-0.39, 0.29) is 17.2 Å². The van der Waals surface area contributed by atoms with Gasteiger partial charge in [-0.05, 0) is 35.7 Å². The summed E-state index contributed by atoms with van der Waals surface area (Å²) in [4.78, 5) is 30.0. The standard InChI is InChI=1S/C20H14ClN3O2S2/c21-14-8-4-5-9-16(14)24-19(26)18-15(10-11-27-18)23-20(24)28-12-17(25)22-13-6-2-1-3-7-13/h1-11H,12H2,(H,22,25). The van der Waals surface area contributed by atoms with E-state index >= 15 is 0 Å². The lowest BCUT2D eigenvalue weighted by atomic mass is 10.3. The third-order valence-corrected chi connectivity index (χ3v) is 6.08. The molecule has 2 aromatic heterocycles. The van der Waals surface area contributed by atoms with Gasteiger partial charge in [-0.2, -0.15) is 0 Å². The summed E-state index contributed by atoms with van der Waals surface area (Å²) < 4.78 is 2.03. The Morgan fingerprint density at radius 3 is 2.64 bits per heavy atom. The Balaban J connectivity index is 1.68. The second-order valence-corrected chi connectivity index (χ2v) is 8.09. The van der Waals surface area contributed by atoms with Gasteiger partial charge in [0.15, 0.2) is 5.16 Å².